The van der Waals surface area contributed by atoms with Crippen LogP contribution in [-0.4, -0.2) is 0 Å². The molecule has 19 heavy (non-hydrogen) atoms. The van der Waals surface area contributed by atoms with Crippen LogP contribution in [0.15, 0.2) is 47.8 Å². The van der Waals surface area contributed by atoms with Gasteiger partial charge in [0.05, 0.1) is 4.83 Å². The summed E-state index contributed by atoms with van der Waals surface area (Å²) in [5, 5.41) is 2.97. The van der Waals surface area contributed by atoms with E-state index in [1.54, 1.807) is 11.3 Å². The second-order valence-corrected chi connectivity index (χ2v) is 6.01. The second kappa shape index (κ2) is 5.02. The van der Waals surface area contributed by atoms with Crippen LogP contribution in [0, 0.1) is 11.6 Å². The maximum absolute atomic E-state index is 13.8. The van der Waals surface area contributed by atoms with E-state index < -0.39 is 16.5 Å². The Balaban J connectivity index is 2.16. The summed E-state index contributed by atoms with van der Waals surface area (Å²) in [5.41, 5.74) is 0.954. The molecule has 0 amide bonds. The number of benzene rings is 2. The van der Waals surface area contributed by atoms with E-state index in [4.69, 9.17) is 0 Å². The van der Waals surface area contributed by atoms with Gasteiger partial charge in [0, 0.05) is 10.3 Å². The van der Waals surface area contributed by atoms with Crippen molar-refractivity contribution >= 4 is 37.4 Å². The third-order valence-corrected chi connectivity index (χ3v) is 4.97. The van der Waals surface area contributed by atoms with Crippen molar-refractivity contribution < 1.29 is 8.78 Å². The largest absolute Gasteiger partial charge is 0.207 e. The Kier molecular flexibility index (Phi) is 3.37. The highest BCUT2D eigenvalue weighted by Crippen LogP contribution is 2.40. The summed E-state index contributed by atoms with van der Waals surface area (Å²) < 4.78 is 28.8. The van der Waals surface area contributed by atoms with Crippen LogP contribution in [0.5, 0.6) is 0 Å². The van der Waals surface area contributed by atoms with Gasteiger partial charge in [-0.25, -0.2) is 8.78 Å². The van der Waals surface area contributed by atoms with E-state index in [-0.39, 0.29) is 5.56 Å². The van der Waals surface area contributed by atoms with Crippen LogP contribution in [0.25, 0.3) is 10.1 Å². The van der Waals surface area contributed by atoms with Gasteiger partial charge in [-0.1, -0.05) is 40.2 Å². The lowest BCUT2D eigenvalue weighted by Crippen LogP contribution is -1.99. The van der Waals surface area contributed by atoms with Gasteiger partial charge in [-0.3, -0.25) is 0 Å². The van der Waals surface area contributed by atoms with Crippen molar-refractivity contribution in [3.05, 3.63) is 70.6 Å². The maximum Gasteiger partial charge on any atom is 0.130 e. The number of alkyl halides is 1. The fourth-order valence-electron chi connectivity index (χ4n) is 2.10. The number of halogens is 3. The van der Waals surface area contributed by atoms with Gasteiger partial charge in [0.2, 0.25) is 0 Å². The minimum atomic E-state index is -0.530. The van der Waals surface area contributed by atoms with Crippen molar-refractivity contribution in [3.63, 3.8) is 0 Å². The van der Waals surface area contributed by atoms with Crippen LogP contribution in [0.1, 0.15) is 16.0 Å². The maximum atomic E-state index is 13.8. The minimum Gasteiger partial charge on any atom is -0.207 e. The zero-order valence-electron chi connectivity index (χ0n) is 9.74. The van der Waals surface area contributed by atoms with Crippen molar-refractivity contribution in [2.24, 2.45) is 0 Å². The molecule has 0 bridgehead atoms. The Morgan fingerprint density at radius 2 is 1.63 bits per heavy atom. The Morgan fingerprint density at radius 3 is 2.37 bits per heavy atom. The lowest BCUT2D eigenvalue weighted by Gasteiger charge is -2.11. The molecule has 0 saturated heterocycles. The third-order valence-electron chi connectivity index (χ3n) is 3.04. The highest BCUT2D eigenvalue weighted by atomic mass is 79.9. The fourth-order valence-corrected chi connectivity index (χ4v) is 4.08. The van der Waals surface area contributed by atoms with Crippen molar-refractivity contribution in [1.82, 2.24) is 0 Å². The van der Waals surface area contributed by atoms with Gasteiger partial charge in [0.25, 0.3) is 0 Å². The lowest BCUT2D eigenvalue weighted by atomic mass is 10.0. The molecule has 0 saturated carbocycles. The molecule has 0 aliphatic heterocycles. The van der Waals surface area contributed by atoms with E-state index in [0.29, 0.717) is 0 Å². The molecule has 96 valence electrons. The summed E-state index contributed by atoms with van der Waals surface area (Å²) >= 11 is 5.00. The highest BCUT2D eigenvalue weighted by molar-refractivity contribution is 9.09. The molecule has 0 fully saturated rings. The van der Waals surface area contributed by atoms with Crippen LogP contribution in [0.4, 0.5) is 8.78 Å². The molecule has 1 atom stereocenters. The molecule has 1 aromatic heterocycles. The van der Waals surface area contributed by atoms with Crippen molar-refractivity contribution in [2.75, 3.05) is 0 Å². The first-order valence-corrected chi connectivity index (χ1v) is 7.52. The van der Waals surface area contributed by atoms with Crippen LogP contribution in [0.3, 0.4) is 0 Å². The van der Waals surface area contributed by atoms with Gasteiger partial charge in [0.15, 0.2) is 0 Å². The van der Waals surface area contributed by atoms with Crippen LogP contribution >= 0.6 is 27.3 Å². The summed E-state index contributed by atoms with van der Waals surface area (Å²) in [6.45, 7) is 0. The van der Waals surface area contributed by atoms with E-state index in [1.807, 2.05) is 29.6 Å². The van der Waals surface area contributed by atoms with E-state index in [9.17, 15) is 8.78 Å². The molecule has 2 aromatic carbocycles. The Bertz CT molecular complexity index is 716. The first kappa shape index (κ1) is 12.8. The van der Waals surface area contributed by atoms with E-state index >= 15 is 0 Å². The third kappa shape index (κ3) is 2.19. The van der Waals surface area contributed by atoms with Crippen LogP contribution in [0.2, 0.25) is 0 Å². The summed E-state index contributed by atoms with van der Waals surface area (Å²) in [6, 6.07) is 11.8. The minimum absolute atomic E-state index is 0.0612. The van der Waals surface area contributed by atoms with Crippen molar-refractivity contribution in [1.29, 1.82) is 0 Å². The van der Waals surface area contributed by atoms with Gasteiger partial charge in [-0.15, -0.1) is 11.3 Å². The zero-order valence-corrected chi connectivity index (χ0v) is 12.1. The quantitative estimate of drug-likeness (QED) is 0.528. The Hall–Kier alpha value is -1.26. The number of fused-ring (bicyclic) bond motifs is 1. The summed E-state index contributed by atoms with van der Waals surface area (Å²) in [6.07, 6.45) is 0. The predicted molar refractivity (Wildman–Crippen MR) is 79.0 cm³/mol. The number of hydrogen-bond acceptors (Lipinski definition) is 1. The van der Waals surface area contributed by atoms with Gasteiger partial charge in [0.1, 0.15) is 11.6 Å². The SMILES string of the molecule is Fc1cccc(F)c1C(Br)c1csc2ccccc12. The fraction of sp³-hybridized carbons (Fsp3) is 0.0667. The van der Waals surface area contributed by atoms with Crippen LogP contribution < -0.4 is 0 Å². The van der Waals surface area contributed by atoms with Crippen LogP contribution in [-0.2, 0) is 0 Å². The molecule has 0 aliphatic carbocycles. The standard InChI is InChI=1S/C15H9BrF2S/c16-15(14-11(17)5-3-6-12(14)18)10-8-19-13-7-2-1-4-9(10)13/h1-8,15H. The first-order chi connectivity index (χ1) is 9.18. The van der Waals surface area contributed by atoms with Gasteiger partial charge < -0.3 is 0 Å². The smallest absolute Gasteiger partial charge is 0.130 e. The number of rotatable bonds is 2. The summed E-state index contributed by atoms with van der Waals surface area (Å²) in [4.78, 5) is -0.482. The van der Waals surface area contributed by atoms with E-state index in [1.165, 1.54) is 18.2 Å². The van der Waals surface area contributed by atoms with E-state index in [0.717, 1.165) is 15.6 Å². The molecule has 1 heterocycles. The topological polar surface area (TPSA) is 0 Å². The molecule has 0 N–H and O–H groups in total. The molecular weight excluding hydrogens is 330 g/mol. The number of thiophene rings is 1. The Labute approximate surface area is 121 Å². The second-order valence-electron chi connectivity index (χ2n) is 4.19. The molecule has 0 aliphatic rings. The average molecular weight is 339 g/mol. The monoisotopic (exact) mass is 338 g/mol. The molecule has 0 nitrogen and oxygen atoms in total. The molecular formula is C15H9BrF2S. The first-order valence-electron chi connectivity index (χ1n) is 5.72. The van der Waals surface area contributed by atoms with E-state index in [2.05, 4.69) is 15.9 Å². The normalized spacial score (nSPS) is 12.8. The molecule has 1 unspecified atom stereocenters. The van der Waals surface area contributed by atoms with Gasteiger partial charge in [-0.05, 0) is 34.5 Å². The summed E-state index contributed by atoms with van der Waals surface area (Å²) in [5.74, 6) is -1.06. The molecule has 0 radical (unpaired) electrons. The predicted octanol–water partition coefficient (Wildman–Crippen LogP) is 5.66. The van der Waals surface area contributed by atoms with Crippen molar-refractivity contribution in [3.8, 4) is 0 Å². The van der Waals surface area contributed by atoms with Gasteiger partial charge in [-0.2, -0.15) is 0 Å². The Morgan fingerprint density at radius 1 is 0.947 bits per heavy atom. The zero-order chi connectivity index (χ0) is 13.4. The van der Waals surface area contributed by atoms with Gasteiger partial charge >= 0.3 is 0 Å². The molecule has 0 spiro atoms. The average Bonchev–Trinajstić information content (AvgIpc) is 2.82. The summed E-state index contributed by atoms with van der Waals surface area (Å²) in [7, 11) is 0. The molecule has 3 aromatic rings. The van der Waals surface area contributed by atoms with Crippen molar-refractivity contribution in [2.45, 2.75) is 4.83 Å². The molecule has 4 heteroatoms. The number of hydrogen-bond donors (Lipinski definition) is 0. The lowest BCUT2D eigenvalue weighted by molar-refractivity contribution is 0.561. The highest BCUT2D eigenvalue weighted by Gasteiger charge is 2.21. The molecule has 3 rings (SSSR count).